The zero-order chi connectivity index (χ0) is 17.6. The maximum Gasteiger partial charge on any atom is 0.230 e. The summed E-state index contributed by atoms with van der Waals surface area (Å²) < 4.78 is 0. The molecule has 7 heteroatoms. The Morgan fingerprint density at radius 1 is 1.28 bits per heavy atom. The standard InChI is InChI=1S/C18H18ClN3OS2/c1-2-3-8-20-15(23)10-25-18-16-14(9-24-17(16)21-11-22-18)12-4-6-13(19)7-5-12/h4-7,9,11H,2-3,8,10H2,1H3,(H,20,23). The first-order valence-corrected chi connectivity index (χ1v) is 10.3. The van der Waals surface area contributed by atoms with Crippen molar-refractivity contribution < 1.29 is 4.79 Å². The molecule has 1 aromatic carbocycles. The van der Waals surface area contributed by atoms with Crippen LogP contribution in [0.5, 0.6) is 0 Å². The van der Waals surface area contributed by atoms with E-state index in [1.54, 1.807) is 17.7 Å². The van der Waals surface area contributed by atoms with Gasteiger partial charge in [0, 0.05) is 22.5 Å². The van der Waals surface area contributed by atoms with Crippen LogP contribution in [0.1, 0.15) is 19.8 Å². The van der Waals surface area contributed by atoms with Gasteiger partial charge in [-0.25, -0.2) is 9.97 Å². The largest absolute Gasteiger partial charge is 0.355 e. The Balaban J connectivity index is 1.82. The van der Waals surface area contributed by atoms with Crippen molar-refractivity contribution in [2.24, 2.45) is 0 Å². The van der Waals surface area contributed by atoms with Crippen LogP contribution in [0.4, 0.5) is 0 Å². The summed E-state index contributed by atoms with van der Waals surface area (Å²) >= 11 is 9.02. The van der Waals surface area contributed by atoms with Crippen molar-refractivity contribution in [3.8, 4) is 11.1 Å². The predicted octanol–water partition coefficient (Wildman–Crippen LogP) is 5.02. The third kappa shape index (κ3) is 4.51. The molecule has 0 saturated heterocycles. The molecular weight excluding hydrogens is 374 g/mol. The lowest BCUT2D eigenvalue weighted by atomic mass is 10.1. The molecule has 25 heavy (non-hydrogen) atoms. The number of carbonyl (C=O) groups is 1. The summed E-state index contributed by atoms with van der Waals surface area (Å²) in [6.45, 7) is 2.83. The van der Waals surface area contributed by atoms with E-state index in [0.29, 0.717) is 10.8 Å². The van der Waals surface area contributed by atoms with Crippen LogP contribution in [0.25, 0.3) is 21.3 Å². The van der Waals surface area contributed by atoms with E-state index in [9.17, 15) is 4.79 Å². The van der Waals surface area contributed by atoms with Crippen LogP contribution in [-0.4, -0.2) is 28.2 Å². The van der Waals surface area contributed by atoms with E-state index in [4.69, 9.17) is 11.6 Å². The fourth-order valence-electron chi connectivity index (χ4n) is 2.39. The molecule has 0 aliphatic rings. The molecule has 0 saturated carbocycles. The molecule has 2 aromatic heterocycles. The molecular formula is C18H18ClN3OS2. The van der Waals surface area contributed by atoms with Crippen molar-refractivity contribution in [2.75, 3.05) is 12.3 Å². The van der Waals surface area contributed by atoms with Gasteiger partial charge in [0.05, 0.1) is 11.1 Å². The maximum atomic E-state index is 12.0. The van der Waals surface area contributed by atoms with Crippen LogP contribution < -0.4 is 5.32 Å². The van der Waals surface area contributed by atoms with Gasteiger partial charge in [0.1, 0.15) is 16.2 Å². The molecule has 0 fully saturated rings. The molecule has 1 amide bonds. The van der Waals surface area contributed by atoms with Crippen molar-refractivity contribution in [3.63, 3.8) is 0 Å². The molecule has 0 atom stereocenters. The number of nitrogens with one attached hydrogen (secondary N) is 1. The lowest BCUT2D eigenvalue weighted by molar-refractivity contribution is -0.118. The number of aromatic nitrogens is 2. The lowest BCUT2D eigenvalue weighted by Gasteiger charge is -2.06. The van der Waals surface area contributed by atoms with Crippen molar-refractivity contribution >= 4 is 50.8 Å². The van der Waals surface area contributed by atoms with Gasteiger partial charge in [-0.1, -0.05) is 48.8 Å². The SMILES string of the molecule is CCCCNC(=O)CSc1ncnc2scc(-c3ccc(Cl)cc3)c12. The number of rotatable bonds is 7. The van der Waals surface area contributed by atoms with E-state index in [1.165, 1.54) is 11.8 Å². The first-order valence-electron chi connectivity index (χ1n) is 8.06. The van der Waals surface area contributed by atoms with Gasteiger partial charge in [-0.2, -0.15) is 0 Å². The van der Waals surface area contributed by atoms with Gasteiger partial charge in [-0.05, 0) is 24.1 Å². The Hall–Kier alpha value is -1.63. The van der Waals surface area contributed by atoms with E-state index in [2.05, 4.69) is 27.6 Å². The lowest BCUT2D eigenvalue weighted by Crippen LogP contribution is -2.26. The number of fused-ring (bicyclic) bond motifs is 1. The Kier molecular flexibility index (Phi) is 6.29. The highest BCUT2D eigenvalue weighted by Gasteiger charge is 2.14. The molecule has 130 valence electrons. The van der Waals surface area contributed by atoms with Crippen molar-refractivity contribution in [1.29, 1.82) is 0 Å². The van der Waals surface area contributed by atoms with Gasteiger partial charge in [0.25, 0.3) is 0 Å². The number of thioether (sulfide) groups is 1. The Bertz CT molecular complexity index is 864. The van der Waals surface area contributed by atoms with Crippen molar-refractivity contribution in [2.45, 2.75) is 24.8 Å². The van der Waals surface area contributed by atoms with E-state index in [0.717, 1.165) is 45.8 Å². The number of carbonyl (C=O) groups excluding carboxylic acids is 1. The molecule has 0 radical (unpaired) electrons. The number of unbranched alkanes of at least 4 members (excludes halogenated alkanes) is 1. The van der Waals surface area contributed by atoms with Crippen molar-refractivity contribution in [3.05, 3.63) is 41.0 Å². The summed E-state index contributed by atoms with van der Waals surface area (Å²) in [4.78, 5) is 21.7. The third-order valence-electron chi connectivity index (χ3n) is 3.68. The van der Waals surface area contributed by atoms with Gasteiger partial charge >= 0.3 is 0 Å². The highest BCUT2D eigenvalue weighted by atomic mass is 35.5. The second-order valence-electron chi connectivity index (χ2n) is 5.51. The minimum atomic E-state index is 0.0356. The van der Waals surface area contributed by atoms with Crippen LogP contribution in [0.15, 0.2) is 41.0 Å². The van der Waals surface area contributed by atoms with Crippen LogP contribution in [-0.2, 0) is 4.79 Å². The van der Waals surface area contributed by atoms with Gasteiger partial charge in [-0.15, -0.1) is 11.3 Å². The third-order valence-corrected chi connectivity index (χ3v) is 5.81. The van der Waals surface area contributed by atoms with Crippen LogP contribution >= 0.6 is 34.7 Å². The average molecular weight is 392 g/mol. The molecule has 0 spiro atoms. The molecule has 1 N–H and O–H groups in total. The minimum absolute atomic E-state index is 0.0356. The summed E-state index contributed by atoms with van der Waals surface area (Å²) in [5.74, 6) is 0.389. The highest BCUT2D eigenvalue weighted by molar-refractivity contribution is 8.00. The van der Waals surface area contributed by atoms with E-state index < -0.39 is 0 Å². The molecule has 3 rings (SSSR count). The molecule has 4 nitrogen and oxygen atoms in total. The number of benzene rings is 1. The number of hydrogen-bond donors (Lipinski definition) is 1. The zero-order valence-corrected chi connectivity index (χ0v) is 16.2. The van der Waals surface area contributed by atoms with Crippen LogP contribution in [0, 0.1) is 0 Å². The van der Waals surface area contributed by atoms with Gasteiger partial charge < -0.3 is 5.32 Å². The van der Waals surface area contributed by atoms with Gasteiger partial charge in [0.15, 0.2) is 0 Å². The fraction of sp³-hybridized carbons (Fsp3) is 0.278. The number of hydrogen-bond acceptors (Lipinski definition) is 5. The molecule has 0 bridgehead atoms. The summed E-state index contributed by atoms with van der Waals surface area (Å²) in [5, 5.41) is 7.55. The predicted molar refractivity (Wildman–Crippen MR) is 107 cm³/mol. The van der Waals surface area contributed by atoms with E-state index in [-0.39, 0.29) is 5.91 Å². The number of halogens is 1. The maximum absolute atomic E-state index is 12.0. The Morgan fingerprint density at radius 3 is 2.84 bits per heavy atom. The van der Waals surface area contributed by atoms with Gasteiger partial charge in [-0.3, -0.25) is 4.79 Å². The van der Waals surface area contributed by atoms with Crippen molar-refractivity contribution in [1.82, 2.24) is 15.3 Å². The quantitative estimate of drug-likeness (QED) is 0.349. The zero-order valence-electron chi connectivity index (χ0n) is 13.8. The Labute approximate surface area is 160 Å². The summed E-state index contributed by atoms with van der Waals surface area (Å²) in [5.41, 5.74) is 2.14. The van der Waals surface area contributed by atoms with E-state index in [1.807, 2.05) is 24.3 Å². The highest BCUT2D eigenvalue weighted by Crippen LogP contribution is 2.38. The summed E-state index contributed by atoms with van der Waals surface area (Å²) in [7, 11) is 0. The van der Waals surface area contributed by atoms with Gasteiger partial charge in [0.2, 0.25) is 5.91 Å². The topological polar surface area (TPSA) is 54.9 Å². The monoisotopic (exact) mass is 391 g/mol. The number of nitrogens with zero attached hydrogens (tertiary/aromatic N) is 2. The Morgan fingerprint density at radius 2 is 2.08 bits per heavy atom. The van der Waals surface area contributed by atoms with E-state index >= 15 is 0 Å². The smallest absolute Gasteiger partial charge is 0.230 e. The number of thiophene rings is 1. The molecule has 3 aromatic rings. The molecule has 0 aliphatic carbocycles. The average Bonchev–Trinajstić information content (AvgIpc) is 3.05. The normalized spacial score (nSPS) is 11.0. The number of amides is 1. The molecule has 0 aliphatic heterocycles. The summed E-state index contributed by atoms with van der Waals surface area (Å²) in [6, 6.07) is 7.72. The molecule has 2 heterocycles. The second kappa shape index (κ2) is 8.65. The first kappa shape index (κ1) is 18.2. The minimum Gasteiger partial charge on any atom is -0.355 e. The first-order chi connectivity index (χ1) is 12.2. The van der Waals surface area contributed by atoms with Crippen LogP contribution in [0.3, 0.4) is 0 Å². The summed E-state index contributed by atoms with van der Waals surface area (Å²) in [6.07, 6.45) is 3.63. The van der Waals surface area contributed by atoms with Crippen LogP contribution in [0.2, 0.25) is 5.02 Å². The molecule has 0 unspecified atom stereocenters. The second-order valence-corrected chi connectivity index (χ2v) is 7.77. The fourth-order valence-corrected chi connectivity index (χ4v) is 4.34.